The van der Waals surface area contributed by atoms with E-state index in [9.17, 15) is 19.2 Å². The molecule has 11 heteroatoms. The summed E-state index contributed by atoms with van der Waals surface area (Å²) in [5, 5.41) is 14.4. The van der Waals surface area contributed by atoms with Crippen molar-refractivity contribution in [1.29, 1.82) is 0 Å². The maximum Gasteiger partial charge on any atom is 0.315 e. The third-order valence-corrected chi connectivity index (χ3v) is 6.71. The highest BCUT2D eigenvalue weighted by molar-refractivity contribution is 8.00. The predicted molar refractivity (Wildman–Crippen MR) is 116 cm³/mol. The lowest BCUT2D eigenvalue weighted by Crippen LogP contribution is -2.55. The summed E-state index contributed by atoms with van der Waals surface area (Å²) in [4.78, 5) is 47.1. The number of fused-ring (bicyclic) bond motifs is 1. The summed E-state index contributed by atoms with van der Waals surface area (Å²) < 4.78 is 0. The number of urea groups is 1. The Hall–Kier alpha value is -2.01. The number of rotatable bonds is 12. The lowest BCUT2D eigenvalue weighted by atomic mass is 10.0. The fourth-order valence-electron chi connectivity index (χ4n) is 3.56. The lowest BCUT2D eigenvalue weighted by Gasteiger charge is -2.25. The molecule has 2 aliphatic rings. The number of carbonyl (C=O) groups is 4. The van der Waals surface area contributed by atoms with Gasteiger partial charge in [0.2, 0.25) is 17.7 Å². The summed E-state index contributed by atoms with van der Waals surface area (Å²) >= 11 is 1.87. The van der Waals surface area contributed by atoms with Crippen LogP contribution in [0.15, 0.2) is 0 Å². The van der Waals surface area contributed by atoms with Crippen molar-refractivity contribution in [2.24, 2.45) is 5.73 Å². The molecule has 2 fully saturated rings. The van der Waals surface area contributed by atoms with Crippen LogP contribution in [0.3, 0.4) is 0 Å². The van der Waals surface area contributed by atoms with Crippen molar-refractivity contribution in [3.8, 4) is 0 Å². The average molecular weight is 443 g/mol. The summed E-state index contributed by atoms with van der Waals surface area (Å²) in [5.41, 5.74) is 4.29. The Kier molecular flexibility index (Phi) is 9.22. The topological polar surface area (TPSA) is 154 Å². The maximum atomic E-state index is 12.2. The zero-order valence-corrected chi connectivity index (χ0v) is 18.5. The van der Waals surface area contributed by atoms with Crippen molar-refractivity contribution < 1.29 is 19.2 Å². The quantitative estimate of drug-likeness (QED) is 0.172. The highest BCUT2D eigenvalue weighted by atomic mass is 32.2. The van der Waals surface area contributed by atoms with E-state index in [0.717, 1.165) is 25.0 Å². The van der Waals surface area contributed by atoms with Gasteiger partial charge in [-0.2, -0.15) is 11.8 Å². The first-order valence-electron chi connectivity index (χ1n) is 10.5. The van der Waals surface area contributed by atoms with Gasteiger partial charge < -0.3 is 32.3 Å². The standard InChI is InChI=1S/C19H34N6O4S/c1-19(2,25-15(27)7-8-20)17(28)22-10-9-21-14(26)6-4-3-5-13-16-12(11-30-13)23-18(29)24-16/h12-13,16H,3-11,20H2,1-2H3,(H,21,26)(H,22,28)(H,25,27)(H2,23,24,29)/t12-,13?,16-/m0/s1. The molecule has 0 saturated carbocycles. The molecule has 10 nitrogen and oxygen atoms in total. The molecule has 30 heavy (non-hydrogen) atoms. The van der Waals surface area contributed by atoms with Crippen LogP contribution in [-0.2, 0) is 14.4 Å². The zero-order valence-electron chi connectivity index (χ0n) is 17.7. The van der Waals surface area contributed by atoms with Crippen LogP contribution in [0, 0.1) is 0 Å². The third kappa shape index (κ3) is 7.35. The summed E-state index contributed by atoms with van der Waals surface area (Å²) in [5.74, 6) is 0.299. The molecule has 0 spiro atoms. The molecule has 7 N–H and O–H groups in total. The molecule has 5 amide bonds. The van der Waals surface area contributed by atoms with Gasteiger partial charge in [-0.1, -0.05) is 6.42 Å². The van der Waals surface area contributed by atoms with Gasteiger partial charge in [0.05, 0.1) is 12.1 Å². The van der Waals surface area contributed by atoms with E-state index in [1.807, 2.05) is 11.8 Å². The molecule has 0 aliphatic carbocycles. The normalized spacial score (nSPS) is 22.6. The van der Waals surface area contributed by atoms with Crippen molar-refractivity contribution in [2.75, 3.05) is 25.4 Å². The summed E-state index contributed by atoms with van der Waals surface area (Å²) in [6.45, 7) is 4.08. The monoisotopic (exact) mass is 442 g/mol. The van der Waals surface area contributed by atoms with Crippen LogP contribution in [0.2, 0.25) is 0 Å². The number of hydrogen-bond acceptors (Lipinski definition) is 6. The molecule has 170 valence electrons. The molecule has 2 aliphatic heterocycles. The number of hydrogen-bond donors (Lipinski definition) is 6. The van der Waals surface area contributed by atoms with E-state index in [2.05, 4.69) is 26.6 Å². The second-order valence-corrected chi connectivity index (χ2v) is 9.46. The maximum absolute atomic E-state index is 12.2. The molecule has 0 aromatic heterocycles. The van der Waals surface area contributed by atoms with Crippen LogP contribution in [-0.4, -0.2) is 72.0 Å². The SMILES string of the molecule is CC(C)(NC(=O)CCN)C(=O)NCCNC(=O)CCCCC1SC[C@@H]2NC(=O)N[C@H]12. The number of nitrogens with one attached hydrogen (secondary N) is 5. The number of unbranched alkanes of at least 4 members (excludes halogenated alkanes) is 1. The molecule has 3 atom stereocenters. The van der Waals surface area contributed by atoms with Gasteiger partial charge in [-0.3, -0.25) is 14.4 Å². The minimum absolute atomic E-state index is 0.0486. The number of thioether (sulfide) groups is 1. The van der Waals surface area contributed by atoms with E-state index in [1.54, 1.807) is 13.8 Å². The van der Waals surface area contributed by atoms with Gasteiger partial charge in [-0.05, 0) is 26.7 Å². The smallest absolute Gasteiger partial charge is 0.315 e. The van der Waals surface area contributed by atoms with E-state index in [4.69, 9.17) is 5.73 Å². The molecule has 2 heterocycles. The van der Waals surface area contributed by atoms with Crippen LogP contribution >= 0.6 is 11.8 Å². The fourth-order valence-corrected chi connectivity index (χ4v) is 5.10. The molecule has 2 saturated heterocycles. The van der Waals surface area contributed by atoms with E-state index >= 15 is 0 Å². The van der Waals surface area contributed by atoms with Crippen LogP contribution in [0.25, 0.3) is 0 Å². The van der Waals surface area contributed by atoms with Crippen LogP contribution < -0.4 is 32.3 Å². The second-order valence-electron chi connectivity index (χ2n) is 8.19. The van der Waals surface area contributed by atoms with Crippen molar-refractivity contribution in [1.82, 2.24) is 26.6 Å². The Bertz CT molecular complexity index is 645. The second kappa shape index (κ2) is 11.4. The summed E-state index contributed by atoms with van der Waals surface area (Å²) in [6.07, 6.45) is 3.29. The fraction of sp³-hybridized carbons (Fsp3) is 0.789. The van der Waals surface area contributed by atoms with E-state index in [0.29, 0.717) is 18.2 Å². The molecular formula is C19H34N6O4S. The van der Waals surface area contributed by atoms with Gasteiger partial charge in [0.15, 0.2) is 0 Å². The van der Waals surface area contributed by atoms with Crippen molar-refractivity contribution in [2.45, 2.75) is 68.8 Å². The molecular weight excluding hydrogens is 408 g/mol. The van der Waals surface area contributed by atoms with E-state index in [-0.39, 0.29) is 55.3 Å². The minimum Gasteiger partial charge on any atom is -0.354 e. The van der Waals surface area contributed by atoms with Gasteiger partial charge in [-0.15, -0.1) is 0 Å². The molecule has 0 radical (unpaired) electrons. The van der Waals surface area contributed by atoms with Crippen LogP contribution in [0.1, 0.15) is 46.0 Å². The Morgan fingerprint density at radius 3 is 2.57 bits per heavy atom. The minimum atomic E-state index is -1.04. The molecule has 1 unspecified atom stereocenters. The predicted octanol–water partition coefficient (Wildman–Crippen LogP) is -0.812. The summed E-state index contributed by atoms with van der Waals surface area (Å²) in [7, 11) is 0. The first-order valence-corrected chi connectivity index (χ1v) is 11.5. The van der Waals surface area contributed by atoms with Crippen molar-refractivity contribution in [3.63, 3.8) is 0 Å². The van der Waals surface area contributed by atoms with E-state index < -0.39 is 5.54 Å². The van der Waals surface area contributed by atoms with Gasteiger partial charge in [-0.25, -0.2) is 4.79 Å². The number of amides is 5. The van der Waals surface area contributed by atoms with Crippen LogP contribution in [0.4, 0.5) is 4.79 Å². The van der Waals surface area contributed by atoms with Gasteiger partial charge in [0.25, 0.3) is 0 Å². The third-order valence-electron chi connectivity index (χ3n) is 5.20. The van der Waals surface area contributed by atoms with Crippen molar-refractivity contribution >= 4 is 35.5 Å². The Morgan fingerprint density at radius 2 is 1.83 bits per heavy atom. The van der Waals surface area contributed by atoms with Gasteiger partial charge in [0.1, 0.15) is 5.54 Å². The first kappa shape index (κ1) is 24.3. The number of nitrogens with two attached hydrogens (primary N) is 1. The number of carbonyl (C=O) groups excluding carboxylic acids is 4. The molecule has 2 rings (SSSR count). The summed E-state index contributed by atoms with van der Waals surface area (Å²) in [6, 6.07) is 0.345. The van der Waals surface area contributed by atoms with Crippen molar-refractivity contribution in [3.05, 3.63) is 0 Å². The Morgan fingerprint density at radius 1 is 1.10 bits per heavy atom. The molecule has 0 bridgehead atoms. The Labute approximate surface area is 181 Å². The van der Waals surface area contributed by atoms with Gasteiger partial charge >= 0.3 is 6.03 Å². The highest BCUT2D eigenvalue weighted by Gasteiger charge is 2.42. The Balaban J connectivity index is 1.52. The molecule has 0 aromatic rings. The van der Waals surface area contributed by atoms with E-state index in [1.165, 1.54) is 0 Å². The average Bonchev–Trinajstić information content (AvgIpc) is 3.21. The largest absolute Gasteiger partial charge is 0.354 e. The zero-order chi connectivity index (χ0) is 22.1. The van der Waals surface area contributed by atoms with Gasteiger partial charge in [0, 0.05) is 43.5 Å². The highest BCUT2D eigenvalue weighted by Crippen LogP contribution is 2.33. The first-order chi connectivity index (χ1) is 14.2. The molecule has 0 aromatic carbocycles. The lowest BCUT2D eigenvalue weighted by molar-refractivity contribution is -0.132. The van der Waals surface area contributed by atoms with Crippen LogP contribution in [0.5, 0.6) is 0 Å².